The molecule has 3 rings (SSSR count). The van der Waals surface area contributed by atoms with E-state index in [0.717, 1.165) is 11.8 Å². The van der Waals surface area contributed by atoms with Gasteiger partial charge in [-0.1, -0.05) is 6.07 Å². The molecule has 31 heavy (non-hydrogen) atoms. The average molecular weight is 465 g/mol. The molecule has 0 saturated heterocycles. The maximum Gasteiger partial charge on any atom is 0.258 e. The summed E-state index contributed by atoms with van der Waals surface area (Å²) in [5.41, 5.74) is 1.76. The number of amides is 1. The first kappa shape index (κ1) is 23.4. The molecule has 0 fully saturated rings. The van der Waals surface area contributed by atoms with Gasteiger partial charge >= 0.3 is 0 Å². The van der Waals surface area contributed by atoms with Crippen LogP contribution in [0.15, 0.2) is 46.2 Å². The summed E-state index contributed by atoms with van der Waals surface area (Å²) in [7, 11) is -7.14. The Hall–Kier alpha value is -2.23. The highest BCUT2D eigenvalue weighted by molar-refractivity contribution is 7.90. The second-order valence-electron chi connectivity index (χ2n) is 8.96. The van der Waals surface area contributed by atoms with Gasteiger partial charge in [-0.15, -0.1) is 0 Å². The number of aryl methyl sites for hydroxylation is 2. The third-order valence-electron chi connectivity index (χ3n) is 5.03. The number of carbonyl (C=O) groups excluding carboxylic acids is 1. The maximum atomic E-state index is 13.4. The Bertz CT molecular complexity index is 1240. The number of nitrogens with zero attached hydrogens (tertiary/aromatic N) is 1. The molecule has 2 aromatic carbocycles. The maximum absolute atomic E-state index is 13.4. The van der Waals surface area contributed by atoms with E-state index in [1.807, 2.05) is 0 Å². The Morgan fingerprint density at radius 1 is 1.00 bits per heavy atom. The van der Waals surface area contributed by atoms with E-state index in [4.69, 9.17) is 0 Å². The van der Waals surface area contributed by atoms with Crippen LogP contribution in [0.25, 0.3) is 0 Å². The molecule has 0 bridgehead atoms. The first-order valence-corrected chi connectivity index (χ1v) is 13.4. The second kappa shape index (κ2) is 8.03. The van der Waals surface area contributed by atoms with Gasteiger partial charge in [0.05, 0.1) is 9.79 Å². The topological polar surface area (TPSA) is 101 Å². The highest BCUT2D eigenvalue weighted by Gasteiger charge is 2.28. The number of anilines is 1. The minimum Gasteiger partial charge on any atom is -0.308 e. The molecule has 1 aliphatic rings. The van der Waals surface area contributed by atoms with Crippen molar-refractivity contribution in [1.29, 1.82) is 0 Å². The van der Waals surface area contributed by atoms with Crippen LogP contribution in [0.5, 0.6) is 0 Å². The lowest BCUT2D eigenvalue weighted by atomic mass is 9.99. The molecule has 0 aromatic heterocycles. The van der Waals surface area contributed by atoms with Gasteiger partial charge in [0.2, 0.25) is 10.0 Å². The molecule has 0 saturated carbocycles. The van der Waals surface area contributed by atoms with Crippen LogP contribution in [0.1, 0.15) is 48.7 Å². The Morgan fingerprint density at radius 2 is 1.65 bits per heavy atom. The van der Waals surface area contributed by atoms with Gasteiger partial charge in [0.25, 0.3) is 5.91 Å². The number of hydrogen-bond donors (Lipinski definition) is 1. The molecule has 1 N–H and O–H groups in total. The molecular weight excluding hydrogens is 436 g/mol. The first-order chi connectivity index (χ1) is 14.2. The monoisotopic (exact) mass is 464 g/mol. The summed E-state index contributed by atoms with van der Waals surface area (Å²) in [5.74, 6) is -0.307. The zero-order chi connectivity index (χ0) is 23.2. The zero-order valence-corrected chi connectivity index (χ0v) is 20.0. The van der Waals surface area contributed by atoms with Crippen LogP contribution in [0.2, 0.25) is 0 Å². The molecule has 0 aliphatic carbocycles. The lowest BCUT2D eigenvalue weighted by Gasteiger charge is -2.30. The number of sulfone groups is 1. The van der Waals surface area contributed by atoms with Crippen molar-refractivity contribution in [2.24, 2.45) is 0 Å². The highest BCUT2D eigenvalue weighted by Crippen LogP contribution is 2.31. The van der Waals surface area contributed by atoms with Gasteiger partial charge in [0.1, 0.15) is 0 Å². The molecule has 1 aliphatic heterocycles. The van der Waals surface area contributed by atoms with E-state index in [9.17, 15) is 21.6 Å². The van der Waals surface area contributed by atoms with Crippen molar-refractivity contribution in [2.45, 2.75) is 55.9 Å². The normalized spacial score (nSPS) is 14.9. The van der Waals surface area contributed by atoms with Gasteiger partial charge in [0, 0.05) is 29.6 Å². The Labute approximate surface area is 184 Å². The average Bonchev–Trinajstić information content (AvgIpc) is 2.64. The number of nitrogens with one attached hydrogen (secondary N) is 1. The number of rotatable bonds is 4. The van der Waals surface area contributed by atoms with Crippen LogP contribution in [-0.2, 0) is 26.3 Å². The predicted octanol–water partition coefficient (Wildman–Crippen LogP) is 3.07. The molecule has 2 aromatic rings. The van der Waals surface area contributed by atoms with Crippen LogP contribution in [0.4, 0.5) is 5.69 Å². The van der Waals surface area contributed by atoms with E-state index in [1.165, 1.54) is 18.2 Å². The third-order valence-corrected chi connectivity index (χ3v) is 7.90. The molecule has 0 radical (unpaired) electrons. The van der Waals surface area contributed by atoms with Crippen LogP contribution in [-0.4, -0.2) is 41.1 Å². The molecule has 168 valence electrons. The van der Waals surface area contributed by atoms with Gasteiger partial charge in [-0.3, -0.25) is 4.79 Å². The molecule has 0 spiro atoms. The SMILES string of the molecule is Cc1ccc(S(=O)(=O)NC(C)(C)C)cc1C(=O)N1CCCc2cc(S(C)(=O)=O)ccc21. The van der Waals surface area contributed by atoms with Gasteiger partial charge in [0.15, 0.2) is 9.84 Å². The van der Waals surface area contributed by atoms with Gasteiger partial charge in [-0.25, -0.2) is 21.6 Å². The molecule has 7 nitrogen and oxygen atoms in total. The van der Waals surface area contributed by atoms with Gasteiger partial charge in [-0.05, 0) is 82.0 Å². The number of fused-ring (bicyclic) bond motifs is 1. The van der Waals surface area contributed by atoms with Gasteiger partial charge in [-0.2, -0.15) is 0 Å². The third kappa shape index (κ3) is 5.16. The number of carbonyl (C=O) groups is 1. The lowest BCUT2D eigenvalue weighted by Crippen LogP contribution is -2.40. The summed E-state index contributed by atoms with van der Waals surface area (Å²) in [4.78, 5) is 15.3. The number of benzene rings is 2. The van der Waals surface area contributed by atoms with E-state index in [2.05, 4.69) is 4.72 Å². The fourth-order valence-corrected chi connectivity index (χ4v) is 5.74. The zero-order valence-electron chi connectivity index (χ0n) is 18.4. The smallest absolute Gasteiger partial charge is 0.258 e. The molecular formula is C22H28N2O5S2. The van der Waals surface area contributed by atoms with E-state index >= 15 is 0 Å². The van der Waals surface area contributed by atoms with Crippen LogP contribution in [0, 0.1) is 6.92 Å². The van der Waals surface area contributed by atoms with Crippen LogP contribution < -0.4 is 9.62 Å². The van der Waals surface area contributed by atoms with Crippen molar-refractivity contribution in [1.82, 2.24) is 4.72 Å². The van der Waals surface area contributed by atoms with Crippen LogP contribution >= 0.6 is 0 Å². The molecule has 1 amide bonds. The van der Waals surface area contributed by atoms with E-state index in [-0.39, 0.29) is 15.7 Å². The summed E-state index contributed by atoms with van der Waals surface area (Å²) in [5, 5.41) is 0. The van der Waals surface area contributed by atoms with Crippen LogP contribution in [0.3, 0.4) is 0 Å². The predicted molar refractivity (Wildman–Crippen MR) is 121 cm³/mol. The largest absolute Gasteiger partial charge is 0.308 e. The Morgan fingerprint density at radius 3 is 2.26 bits per heavy atom. The van der Waals surface area contributed by atoms with Crippen molar-refractivity contribution < 1.29 is 21.6 Å². The van der Waals surface area contributed by atoms with Crippen molar-refractivity contribution >= 4 is 31.5 Å². The summed E-state index contributed by atoms with van der Waals surface area (Å²) >= 11 is 0. The number of sulfonamides is 1. The molecule has 0 atom stereocenters. The van der Waals surface area contributed by atoms with E-state index < -0.39 is 25.4 Å². The lowest BCUT2D eigenvalue weighted by molar-refractivity contribution is 0.0984. The van der Waals surface area contributed by atoms with Gasteiger partial charge < -0.3 is 4.90 Å². The highest BCUT2D eigenvalue weighted by atomic mass is 32.2. The van der Waals surface area contributed by atoms with Crippen molar-refractivity contribution in [3.8, 4) is 0 Å². The van der Waals surface area contributed by atoms with Crippen molar-refractivity contribution in [3.63, 3.8) is 0 Å². The second-order valence-corrected chi connectivity index (χ2v) is 12.7. The summed E-state index contributed by atoms with van der Waals surface area (Å²) in [6, 6.07) is 9.29. The molecule has 1 heterocycles. The minimum absolute atomic E-state index is 0.0287. The van der Waals surface area contributed by atoms with E-state index in [0.29, 0.717) is 36.2 Å². The summed E-state index contributed by atoms with van der Waals surface area (Å²) < 4.78 is 51.9. The fourth-order valence-electron chi connectivity index (χ4n) is 3.62. The summed E-state index contributed by atoms with van der Waals surface area (Å²) in [6.45, 7) is 7.49. The van der Waals surface area contributed by atoms with Crippen molar-refractivity contribution in [3.05, 3.63) is 53.1 Å². The van der Waals surface area contributed by atoms with Crippen molar-refractivity contribution in [2.75, 3.05) is 17.7 Å². The Balaban J connectivity index is 2.02. The Kier molecular flexibility index (Phi) is 6.07. The first-order valence-electron chi connectivity index (χ1n) is 9.98. The molecule has 0 unspecified atom stereocenters. The number of hydrogen-bond acceptors (Lipinski definition) is 5. The molecule has 9 heteroatoms. The fraction of sp³-hybridized carbons (Fsp3) is 0.409. The minimum atomic E-state index is -3.79. The standard InChI is InChI=1S/C22H28N2O5S2/c1-15-8-9-18(31(28,29)23-22(2,3)4)14-19(15)21(25)24-12-6-7-16-13-17(30(5,26)27)10-11-20(16)24/h8-11,13-14,23H,6-7,12H2,1-5H3. The van der Waals surface area contributed by atoms with E-state index in [1.54, 1.807) is 50.8 Å². The quantitative estimate of drug-likeness (QED) is 0.749. The summed E-state index contributed by atoms with van der Waals surface area (Å²) in [6.07, 6.45) is 2.52.